The molecule has 1 heterocycles. The van der Waals surface area contributed by atoms with Crippen LogP contribution >= 0.6 is 0 Å². The molecule has 2 aromatic carbocycles. The molecule has 0 saturated carbocycles. The Morgan fingerprint density at radius 2 is 1.68 bits per heavy atom. The van der Waals surface area contributed by atoms with E-state index in [1.165, 1.54) is 22.0 Å². The molecule has 0 fully saturated rings. The van der Waals surface area contributed by atoms with E-state index in [4.69, 9.17) is 0 Å². The van der Waals surface area contributed by atoms with E-state index in [-0.39, 0.29) is 0 Å². The van der Waals surface area contributed by atoms with Gasteiger partial charge in [-0.25, -0.2) is 0 Å². The van der Waals surface area contributed by atoms with Gasteiger partial charge in [0.05, 0.1) is 6.67 Å². The topological polar surface area (TPSA) is 20.2 Å². The number of aromatic nitrogens is 1. The van der Waals surface area contributed by atoms with E-state index in [1.54, 1.807) is 0 Å². The van der Waals surface area contributed by atoms with Crippen molar-refractivity contribution in [1.29, 1.82) is 0 Å². The number of rotatable bonds is 6. The maximum Gasteiger partial charge on any atom is 0.0726 e. The van der Waals surface area contributed by atoms with Gasteiger partial charge in [0.1, 0.15) is 0 Å². The Morgan fingerprint density at radius 1 is 0.955 bits per heavy atom. The van der Waals surface area contributed by atoms with Crippen LogP contribution in [0.1, 0.15) is 0 Å². The molecule has 22 heavy (non-hydrogen) atoms. The SMILES string of the molecule is CN(C)CCNCn1cc(-c2ccccc2)c2ccccc21. The van der Waals surface area contributed by atoms with Crippen molar-refractivity contribution >= 4 is 10.9 Å². The number of para-hydroxylation sites is 1. The standard InChI is InChI=1S/C19H23N3/c1-21(2)13-12-20-15-22-14-18(16-8-4-3-5-9-16)17-10-6-7-11-19(17)22/h3-11,14,20H,12-13,15H2,1-2H3. The monoisotopic (exact) mass is 293 g/mol. The summed E-state index contributed by atoms with van der Waals surface area (Å²) in [6.07, 6.45) is 2.25. The van der Waals surface area contributed by atoms with Gasteiger partial charge in [0, 0.05) is 35.8 Å². The largest absolute Gasteiger partial charge is 0.334 e. The van der Waals surface area contributed by atoms with Gasteiger partial charge in [-0.15, -0.1) is 0 Å². The quantitative estimate of drug-likeness (QED) is 0.703. The zero-order valence-corrected chi connectivity index (χ0v) is 13.3. The highest BCUT2D eigenvalue weighted by Crippen LogP contribution is 2.30. The maximum absolute atomic E-state index is 3.51. The van der Waals surface area contributed by atoms with E-state index in [0.717, 1.165) is 19.8 Å². The first-order valence-electron chi connectivity index (χ1n) is 7.74. The van der Waals surface area contributed by atoms with Gasteiger partial charge < -0.3 is 9.47 Å². The molecular formula is C19H23N3. The van der Waals surface area contributed by atoms with Gasteiger partial charge in [0.25, 0.3) is 0 Å². The zero-order chi connectivity index (χ0) is 15.4. The third-order valence-electron chi connectivity index (χ3n) is 3.89. The van der Waals surface area contributed by atoms with E-state index < -0.39 is 0 Å². The summed E-state index contributed by atoms with van der Waals surface area (Å²) in [5.74, 6) is 0. The van der Waals surface area contributed by atoms with Gasteiger partial charge in [-0.1, -0.05) is 48.5 Å². The van der Waals surface area contributed by atoms with Crippen molar-refractivity contribution in [2.75, 3.05) is 27.2 Å². The van der Waals surface area contributed by atoms with Gasteiger partial charge in [0.2, 0.25) is 0 Å². The second kappa shape index (κ2) is 6.77. The van der Waals surface area contributed by atoms with Crippen molar-refractivity contribution in [2.24, 2.45) is 0 Å². The van der Waals surface area contributed by atoms with Crippen LogP contribution in [-0.2, 0) is 6.67 Å². The Hall–Kier alpha value is -2.10. The summed E-state index contributed by atoms with van der Waals surface area (Å²) in [4.78, 5) is 2.19. The van der Waals surface area contributed by atoms with Crippen LogP contribution in [0.5, 0.6) is 0 Å². The maximum atomic E-state index is 3.51. The molecule has 114 valence electrons. The minimum absolute atomic E-state index is 0.835. The lowest BCUT2D eigenvalue weighted by Crippen LogP contribution is -2.27. The first-order chi connectivity index (χ1) is 10.8. The Kier molecular flexibility index (Phi) is 4.56. The van der Waals surface area contributed by atoms with Crippen LogP contribution < -0.4 is 5.32 Å². The molecule has 0 amide bonds. The van der Waals surface area contributed by atoms with Crippen LogP contribution in [0, 0.1) is 0 Å². The molecule has 3 aromatic rings. The summed E-state index contributed by atoms with van der Waals surface area (Å²) < 4.78 is 2.30. The highest BCUT2D eigenvalue weighted by Gasteiger charge is 2.09. The van der Waals surface area contributed by atoms with Crippen molar-refractivity contribution in [1.82, 2.24) is 14.8 Å². The van der Waals surface area contributed by atoms with Crippen molar-refractivity contribution in [3.8, 4) is 11.1 Å². The summed E-state index contributed by atoms with van der Waals surface area (Å²) >= 11 is 0. The van der Waals surface area contributed by atoms with Gasteiger partial charge in [-0.3, -0.25) is 5.32 Å². The number of nitrogens with zero attached hydrogens (tertiary/aromatic N) is 2. The second-order valence-electron chi connectivity index (χ2n) is 5.86. The van der Waals surface area contributed by atoms with Crippen LogP contribution in [0.3, 0.4) is 0 Å². The molecule has 0 radical (unpaired) electrons. The molecule has 1 aromatic heterocycles. The summed E-state index contributed by atoms with van der Waals surface area (Å²) in [7, 11) is 4.19. The van der Waals surface area contributed by atoms with E-state index in [9.17, 15) is 0 Å². The molecule has 0 unspecified atom stereocenters. The predicted molar refractivity (Wildman–Crippen MR) is 93.9 cm³/mol. The van der Waals surface area contributed by atoms with Gasteiger partial charge >= 0.3 is 0 Å². The number of hydrogen-bond donors (Lipinski definition) is 1. The summed E-state index contributed by atoms with van der Waals surface area (Å²) in [5, 5.41) is 4.82. The minimum atomic E-state index is 0.835. The van der Waals surface area contributed by atoms with Crippen molar-refractivity contribution in [3.63, 3.8) is 0 Å². The fraction of sp³-hybridized carbons (Fsp3) is 0.263. The Balaban J connectivity index is 1.88. The molecule has 0 aliphatic carbocycles. The third-order valence-corrected chi connectivity index (χ3v) is 3.89. The normalized spacial score (nSPS) is 11.4. The number of fused-ring (bicyclic) bond motifs is 1. The average molecular weight is 293 g/mol. The van der Waals surface area contributed by atoms with E-state index in [1.807, 2.05) is 0 Å². The molecule has 0 bridgehead atoms. The molecule has 3 rings (SSSR count). The number of likely N-dealkylation sites (N-methyl/N-ethyl adjacent to an activating group) is 1. The van der Waals surface area contributed by atoms with Gasteiger partial charge in [-0.05, 0) is 25.7 Å². The van der Waals surface area contributed by atoms with E-state index in [2.05, 4.69) is 89.7 Å². The van der Waals surface area contributed by atoms with Crippen molar-refractivity contribution in [2.45, 2.75) is 6.67 Å². The number of benzene rings is 2. The van der Waals surface area contributed by atoms with Crippen LogP contribution in [0.4, 0.5) is 0 Å². The molecule has 0 aliphatic rings. The van der Waals surface area contributed by atoms with Crippen LogP contribution in [0.2, 0.25) is 0 Å². The highest BCUT2D eigenvalue weighted by atomic mass is 15.1. The first-order valence-corrected chi connectivity index (χ1v) is 7.74. The smallest absolute Gasteiger partial charge is 0.0726 e. The van der Waals surface area contributed by atoms with Crippen LogP contribution in [-0.4, -0.2) is 36.7 Å². The number of nitrogens with one attached hydrogen (secondary N) is 1. The van der Waals surface area contributed by atoms with Crippen LogP contribution in [0.15, 0.2) is 60.8 Å². The summed E-state index contributed by atoms with van der Waals surface area (Å²) in [6, 6.07) is 19.2. The van der Waals surface area contributed by atoms with Crippen molar-refractivity contribution < 1.29 is 0 Å². The van der Waals surface area contributed by atoms with Crippen LogP contribution in [0.25, 0.3) is 22.0 Å². The molecule has 1 N–H and O–H groups in total. The first kappa shape index (κ1) is 14.8. The second-order valence-corrected chi connectivity index (χ2v) is 5.86. The molecule has 0 saturated heterocycles. The Labute approximate surface area is 132 Å². The summed E-state index contributed by atoms with van der Waals surface area (Å²) in [6.45, 7) is 2.87. The minimum Gasteiger partial charge on any atom is -0.334 e. The highest BCUT2D eigenvalue weighted by molar-refractivity contribution is 5.96. The fourth-order valence-electron chi connectivity index (χ4n) is 2.73. The molecule has 0 spiro atoms. The fourth-order valence-corrected chi connectivity index (χ4v) is 2.73. The molecule has 0 atom stereocenters. The molecule has 3 heteroatoms. The lowest BCUT2D eigenvalue weighted by molar-refractivity contribution is 0.391. The molecule has 0 aliphatic heterocycles. The zero-order valence-electron chi connectivity index (χ0n) is 13.3. The summed E-state index contributed by atoms with van der Waals surface area (Å²) in [5.41, 5.74) is 3.84. The van der Waals surface area contributed by atoms with Gasteiger partial charge in [0.15, 0.2) is 0 Å². The molecular weight excluding hydrogens is 270 g/mol. The molecule has 3 nitrogen and oxygen atoms in total. The lowest BCUT2D eigenvalue weighted by Gasteiger charge is -2.11. The van der Waals surface area contributed by atoms with Gasteiger partial charge in [-0.2, -0.15) is 0 Å². The van der Waals surface area contributed by atoms with E-state index >= 15 is 0 Å². The third kappa shape index (κ3) is 3.21. The lowest BCUT2D eigenvalue weighted by atomic mass is 10.1. The Bertz CT molecular complexity index is 729. The average Bonchev–Trinajstić information content (AvgIpc) is 2.91. The predicted octanol–water partition coefficient (Wildman–Crippen LogP) is 3.42. The van der Waals surface area contributed by atoms with E-state index in [0.29, 0.717) is 0 Å². The van der Waals surface area contributed by atoms with Crippen molar-refractivity contribution in [3.05, 3.63) is 60.8 Å². The Morgan fingerprint density at radius 3 is 2.45 bits per heavy atom. The number of hydrogen-bond acceptors (Lipinski definition) is 2.